The molecule has 51 heavy (non-hydrogen) atoms. The van der Waals surface area contributed by atoms with Crippen molar-refractivity contribution < 1.29 is 4.42 Å². The molecule has 0 atom stereocenters. The lowest BCUT2D eigenvalue weighted by Gasteiger charge is -2.22. The molecule has 0 fully saturated rings. The Bertz CT molecular complexity index is 3040. The summed E-state index contributed by atoms with van der Waals surface area (Å²) in [6.07, 6.45) is 0. The summed E-state index contributed by atoms with van der Waals surface area (Å²) in [5.41, 5.74) is 14.1. The summed E-state index contributed by atoms with van der Waals surface area (Å²) in [5.74, 6) is 0.709. The maximum absolute atomic E-state index is 6.89. The first-order valence-corrected chi connectivity index (χ1v) is 17.5. The molecular weight excluding hydrogens is 623 g/mol. The third-order valence-corrected chi connectivity index (χ3v) is 11.0. The Kier molecular flexibility index (Phi) is 5.70. The highest BCUT2D eigenvalue weighted by Crippen LogP contribution is 2.57. The lowest BCUT2D eigenvalue weighted by molar-refractivity contribution is 0.620. The van der Waals surface area contributed by atoms with E-state index in [2.05, 4.69) is 152 Å². The monoisotopic (exact) mass is 653 g/mol. The standard InChI is InChI=1S/C47H31N3O/c1-47(2)35-20-10-6-16-31(35)39-40-33-18-8-12-22-37(33)50(44(40)41-34-19-9-13-23-38(34)51-45(41)42(39)47)30-26-24-29(25-27-30)46-48-36-21-11-7-17-32(36)43(49-46)28-14-4-3-5-15-28/h3-27H,1-2H3. The molecule has 4 nitrogen and oxygen atoms in total. The number of benzene rings is 7. The zero-order chi connectivity index (χ0) is 33.8. The van der Waals surface area contributed by atoms with Gasteiger partial charge < -0.3 is 8.98 Å². The average Bonchev–Trinajstić information content (AvgIpc) is 3.80. The van der Waals surface area contributed by atoms with Gasteiger partial charge in [-0.05, 0) is 59.2 Å². The first kappa shape index (κ1) is 28.3. The zero-order valence-electron chi connectivity index (χ0n) is 28.2. The van der Waals surface area contributed by atoms with Crippen LogP contribution in [-0.2, 0) is 5.41 Å². The third-order valence-electron chi connectivity index (χ3n) is 11.0. The van der Waals surface area contributed by atoms with Crippen LogP contribution in [0.2, 0.25) is 0 Å². The van der Waals surface area contributed by atoms with Crippen LogP contribution in [0.5, 0.6) is 0 Å². The summed E-state index contributed by atoms with van der Waals surface area (Å²) in [5, 5.41) is 5.84. The zero-order valence-corrected chi connectivity index (χ0v) is 28.2. The summed E-state index contributed by atoms with van der Waals surface area (Å²) >= 11 is 0. The normalized spacial score (nSPS) is 13.5. The number of furan rings is 1. The minimum Gasteiger partial charge on any atom is -0.456 e. The molecule has 0 N–H and O–H groups in total. The molecular formula is C47H31N3O. The van der Waals surface area contributed by atoms with Crippen LogP contribution in [0, 0.1) is 0 Å². The summed E-state index contributed by atoms with van der Waals surface area (Å²) in [4.78, 5) is 10.2. The van der Waals surface area contributed by atoms with E-state index in [-0.39, 0.29) is 5.41 Å². The first-order chi connectivity index (χ1) is 25.1. The smallest absolute Gasteiger partial charge is 0.160 e. The molecule has 0 saturated heterocycles. The lowest BCUT2D eigenvalue weighted by atomic mass is 9.81. The predicted molar refractivity (Wildman–Crippen MR) is 210 cm³/mol. The van der Waals surface area contributed by atoms with Gasteiger partial charge in [0.25, 0.3) is 0 Å². The fourth-order valence-electron chi connectivity index (χ4n) is 8.72. The summed E-state index contributed by atoms with van der Waals surface area (Å²) in [6, 6.07) is 53.6. The molecule has 0 amide bonds. The van der Waals surface area contributed by atoms with Crippen LogP contribution in [-0.4, -0.2) is 14.5 Å². The van der Waals surface area contributed by atoms with Gasteiger partial charge >= 0.3 is 0 Å². The number of rotatable bonds is 3. The number of para-hydroxylation sites is 3. The van der Waals surface area contributed by atoms with E-state index in [1.54, 1.807) is 0 Å². The van der Waals surface area contributed by atoms with Crippen LogP contribution in [0.1, 0.15) is 25.0 Å². The van der Waals surface area contributed by atoms with Crippen LogP contribution < -0.4 is 0 Å². The van der Waals surface area contributed by atoms with Crippen molar-refractivity contribution in [1.82, 2.24) is 14.5 Å². The van der Waals surface area contributed by atoms with Gasteiger partial charge in [0.2, 0.25) is 0 Å². The molecule has 0 spiro atoms. The molecule has 3 heterocycles. The van der Waals surface area contributed by atoms with Gasteiger partial charge in [-0.15, -0.1) is 0 Å². The quantitative estimate of drug-likeness (QED) is 0.191. The van der Waals surface area contributed by atoms with Gasteiger partial charge in [0, 0.05) is 49.3 Å². The maximum atomic E-state index is 6.89. The van der Waals surface area contributed by atoms with E-state index >= 15 is 0 Å². The number of aromatic nitrogens is 3. The van der Waals surface area contributed by atoms with E-state index in [9.17, 15) is 0 Å². The number of fused-ring (bicyclic) bond motifs is 13. The van der Waals surface area contributed by atoms with Gasteiger partial charge in [0.15, 0.2) is 5.82 Å². The number of hydrogen-bond acceptors (Lipinski definition) is 3. The van der Waals surface area contributed by atoms with Crippen LogP contribution in [0.25, 0.3) is 94.1 Å². The molecule has 7 aromatic carbocycles. The van der Waals surface area contributed by atoms with E-state index in [1.807, 2.05) is 18.2 Å². The van der Waals surface area contributed by atoms with Gasteiger partial charge in [-0.1, -0.05) is 123 Å². The van der Waals surface area contributed by atoms with Crippen molar-refractivity contribution in [2.75, 3.05) is 0 Å². The second-order valence-electron chi connectivity index (χ2n) is 14.1. The molecule has 0 saturated carbocycles. The fourth-order valence-corrected chi connectivity index (χ4v) is 8.72. The average molecular weight is 654 g/mol. The molecule has 1 aliphatic rings. The first-order valence-electron chi connectivity index (χ1n) is 17.5. The molecule has 4 heteroatoms. The molecule has 0 unspecified atom stereocenters. The minimum absolute atomic E-state index is 0.227. The summed E-state index contributed by atoms with van der Waals surface area (Å²) in [6.45, 7) is 4.68. The third kappa shape index (κ3) is 3.85. The molecule has 1 aliphatic carbocycles. The molecule has 0 radical (unpaired) electrons. The van der Waals surface area contributed by atoms with Gasteiger partial charge in [-0.25, -0.2) is 9.97 Å². The Balaban J connectivity index is 1.21. The predicted octanol–water partition coefficient (Wildman–Crippen LogP) is 12.3. The van der Waals surface area contributed by atoms with Crippen molar-refractivity contribution >= 4 is 54.6 Å². The highest BCUT2D eigenvalue weighted by molar-refractivity contribution is 6.30. The largest absolute Gasteiger partial charge is 0.456 e. The van der Waals surface area contributed by atoms with E-state index < -0.39 is 0 Å². The Hall–Kier alpha value is -6.52. The second-order valence-corrected chi connectivity index (χ2v) is 14.1. The van der Waals surface area contributed by atoms with Gasteiger partial charge in [-0.3, -0.25) is 0 Å². The van der Waals surface area contributed by atoms with Gasteiger partial charge in [0.1, 0.15) is 11.2 Å². The highest BCUT2D eigenvalue weighted by atomic mass is 16.3. The van der Waals surface area contributed by atoms with Crippen LogP contribution in [0.15, 0.2) is 156 Å². The van der Waals surface area contributed by atoms with E-state index in [4.69, 9.17) is 14.4 Å². The molecule has 3 aromatic heterocycles. The van der Waals surface area contributed by atoms with Crippen LogP contribution in [0.4, 0.5) is 0 Å². The fraction of sp³-hybridized carbons (Fsp3) is 0.0638. The van der Waals surface area contributed by atoms with E-state index in [1.165, 1.54) is 38.5 Å². The van der Waals surface area contributed by atoms with Crippen molar-refractivity contribution in [1.29, 1.82) is 0 Å². The Labute approximate surface area is 294 Å². The van der Waals surface area contributed by atoms with Gasteiger partial charge in [0.05, 0.1) is 27.6 Å². The molecule has 0 aliphatic heterocycles. The van der Waals surface area contributed by atoms with Crippen LogP contribution >= 0.6 is 0 Å². The maximum Gasteiger partial charge on any atom is 0.160 e. The number of hydrogen-bond donors (Lipinski definition) is 0. The molecule has 0 bridgehead atoms. The summed E-state index contributed by atoms with van der Waals surface area (Å²) in [7, 11) is 0. The van der Waals surface area contributed by atoms with Crippen molar-refractivity contribution in [2.45, 2.75) is 19.3 Å². The van der Waals surface area contributed by atoms with E-state index in [0.29, 0.717) is 5.82 Å². The molecule has 10 aromatic rings. The Morgan fingerprint density at radius 1 is 0.569 bits per heavy atom. The number of nitrogens with zero attached hydrogens (tertiary/aromatic N) is 3. The van der Waals surface area contributed by atoms with Crippen molar-refractivity contribution in [3.8, 4) is 39.5 Å². The van der Waals surface area contributed by atoms with Crippen LogP contribution in [0.3, 0.4) is 0 Å². The second kappa shape index (κ2) is 10.3. The lowest BCUT2D eigenvalue weighted by Crippen LogP contribution is -2.15. The van der Waals surface area contributed by atoms with Gasteiger partial charge in [-0.2, -0.15) is 0 Å². The van der Waals surface area contributed by atoms with Crippen molar-refractivity contribution in [3.63, 3.8) is 0 Å². The van der Waals surface area contributed by atoms with Crippen molar-refractivity contribution in [3.05, 3.63) is 163 Å². The Morgan fingerprint density at radius 3 is 2.10 bits per heavy atom. The van der Waals surface area contributed by atoms with E-state index in [0.717, 1.165) is 60.9 Å². The SMILES string of the molecule is CC1(C)c2ccccc2-c2c1c1oc3ccccc3c1c1c2c2ccccc2n1-c1ccc(-c2nc(-c3ccccc3)c3ccccc3n2)cc1. The summed E-state index contributed by atoms with van der Waals surface area (Å²) < 4.78 is 9.32. The topological polar surface area (TPSA) is 43.9 Å². The highest BCUT2D eigenvalue weighted by Gasteiger charge is 2.41. The molecule has 11 rings (SSSR count). The Morgan fingerprint density at radius 2 is 1.25 bits per heavy atom. The minimum atomic E-state index is -0.227. The van der Waals surface area contributed by atoms with Crippen molar-refractivity contribution in [2.24, 2.45) is 0 Å². The molecule has 240 valence electrons.